The van der Waals surface area contributed by atoms with E-state index in [1.54, 1.807) is 22.6 Å². The average molecular weight is 365 g/mol. The summed E-state index contributed by atoms with van der Waals surface area (Å²) in [6, 6.07) is 0. The van der Waals surface area contributed by atoms with Crippen molar-refractivity contribution in [3.8, 4) is 0 Å². The molecule has 0 aromatic carbocycles. The number of hydrogen-bond donors (Lipinski definition) is 1. The van der Waals surface area contributed by atoms with Gasteiger partial charge in [-0.2, -0.15) is 4.39 Å². The van der Waals surface area contributed by atoms with Crippen LogP contribution in [0.1, 0.15) is 0 Å². The molecule has 0 bridgehead atoms. The van der Waals surface area contributed by atoms with Gasteiger partial charge in [0.15, 0.2) is 0 Å². The molecule has 1 N–H and O–H groups in total. The molecule has 0 saturated carbocycles. The third-order valence-electron chi connectivity index (χ3n) is 0.935. The van der Waals surface area contributed by atoms with Crippen molar-refractivity contribution in [3.05, 3.63) is 29.5 Å². The lowest BCUT2D eigenvalue weighted by Gasteiger charge is -1.92. The minimum Gasteiger partial charge on any atom is -0.336 e. The molecule has 10 heavy (non-hydrogen) atoms. The quantitative estimate of drug-likeness (QED) is 0.552. The summed E-state index contributed by atoms with van der Waals surface area (Å²) in [6.45, 7) is 0. The molecule has 0 atom stereocenters. The fraction of sp³-hybridized carbons (Fsp3) is 0. The summed E-state index contributed by atoms with van der Waals surface area (Å²) in [6.07, 6.45) is 1.35. The number of aromatic amines is 1. The van der Waals surface area contributed by atoms with E-state index in [1.807, 2.05) is 22.6 Å². The molecule has 0 radical (unpaired) electrons. The molecule has 1 aromatic heterocycles. The first-order valence-corrected chi connectivity index (χ1v) is 4.51. The Morgan fingerprint density at radius 2 is 2.10 bits per heavy atom. The highest BCUT2D eigenvalue weighted by atomic mass is 127. The van der Waals surface area contributed by atoms with Crippen LogP contribution in [0.15, 0.2) is 11.0 Å². The smallest absolute Gasteiger partial charge is 0.211 e. The molecule has 2 nitrogen and oxygen atoms in total. The van der Waals surface area contributed by atoms with Crippen LogP contribution in [0.25, 0.3) is 0 Å². The van der Waals surface area contributed by atoms with Gasteiger partial charge in [0.1, 0.15) is 3.57 Å². The fourth-order valence-electron chi connectivity index (χ4n) is 0.460. The van der Waals surface area contributed by atoms with E-state index >= 15 is 0 Å². The highest BCUT2D eigenvalue weighted by Gasteiger charge is 2.04. The average Bonchev–Trinajstić information content (AvgIpc) is 1.93. The largest absolute Gasteiger partial charge is 0.336 e. The lowest BCUT2D eigenvalue weighted by atomic mass is 10.5. The molecule has 0 saturated heterocycles. The van der Waals surface area contributed by atoms with Crippen LogP contribution in [0.3, 0.4) is 0 Å². The van der Waals surface area contributed by atoms with E-state index in [9.17, 15) is 9.18 Å². The van der Waals surface area contributed by atoms with Crippen LogP contribution >= 0.6 is 45.2 Å². The molecule has 1 aromatic rings. The molecule has 54 valence electrons. The van der Waals surface area contributed by atoms with E-state index in [4.69, 9.17) is 0 Å². The molecule has 0 unspecified atom stereocenters. The molecule has 1 rings (SSSR count). The van der Waals surface area contributed by atoms with Gasteiger partial charge >= 0.3 is 0 Å². The Balaban J connectivity index is 3.50. The van der Waals surface area contributed by atoms with Crippen molar-refractivity contribution in [3.63, 3.8) is 0 Å². The van der Waals surface area contributed by atoms with Gasteiger partial charge in [0.2, 0.25) is 11.4 Å². The summed E-state index contributed by atoms with van der Waals surface area (Å²) < 4.78 is 13.1. The zero-order chi connectivity index (χ0) is 7.72. The number of aromatic nitrogens is 1. The Bertz CT molecular complexity index is 309. The van der Waals surface area contributed by atoms with Gasteiger partial charge in [-0.3, -0.25) is 4.79 Å². The molecule has 0 fully saturated rings. The van der Waals surface area contributed by atoms with E-state index in [0.717, 1.165) is 0 Å². The van der Waals surface area contributed by atoms with Crippen molar-refractivity contribution < 1.29 is 4.39 Å². The first-order chi connectivity index (χ1) is 4.63. The van der Waals surface area contributed by atoms with Gasteiger partial charge in [-0.15, -0.1) is 0 Å². The molecular formula is C5H2FI2NO. The maximum atomic E-state index is 12.5. The second kappa shape index (κ2) is 3.16. The normalized spacial score (nSPS) is 9.90. The van der Waals surface area contributed by atoms with Gasteiger partial charge < -0.3 is 4.98 Å². The SMILES string of the molecule is O=c1c(I)c[nH]c(F)c1I. The third kappa shape index (κ3) is 1.49. The van der Waals surface area contributed by atoms with Gasteiger partial charge in [-0.25, -0.2) is 0 Å². The van der Waals surface area contributed by atoms with Crippen molar-refractivity contribution >= 4 is 45.2 Å². The topological polar surface area (TPSA) is 32.9 Å². The molecule has 5 heteroatoms. The molecule has 0 aliphatic rings. The highest BCUT2D eigenvalue weighted by Crippen LogP contribution is 2.04. The summed E-state index contributed by atoms with van der Waals surface area (Å²) in [5, 5.41) is 0. The van der Waals surface area contributed by atoms with E-state index in [-0.39, 0.29) is 9.00 Å². The van der Waals surface area contributed by atoms with Gasteiger partial charge in [-0.1, -0.05) is 0 Å². The van der Waals surface area contributed by atoms with Crippen LogP contribution in [-0.2, 0) is 0 Å². The minimum atomic E-state index is -0.564. The minimum absolute atomic E-state index is 0.115. The first-order valence-electron chi connectivity index (χ1n) is 2.35. The van der Waals surface area contributed by atoms with Gasteiger partial charge in [0.05, 0.1) is 3.57 Å². The van der Waals surface area contributed by atoms with Crippen LogP contribution in [0.4, 0.5) is 4.39 Å². The summed E-state index contributed by atoms with van der Waals surface area (Å²) in [7, 11) is 0. The van der Waals surface area contributed by atoms with Gasteiger partial charge in [0, 0.05) is 6.20 Å². The first kappa shape index (κ1) is 8.44. The molecule has 0 amide bonds. The number of H-pyrrole nitrogens is 1. The summed E-state index contributed by atoms with van der Waals surface area (Å²) >= 11 is 3.52. The maximum absolute atomic E-state index is 12.5. The van der Waals surface area contributed by atoms with Crippen molar-refractivity contribution in [2.24, 2.45) is 0 Å². The number of rotatable bonds is 0. The van der Waals surface area contributed by atoms with E-state index in [2.05, 4.69) is 4.98 Å². The Morgan fingerprint density at radius 3 is 2.60 bits per heavy atom. The van der Waals surface area contributed by atoms with E-state index in [1.165, 1.54) is 6.20 Å². The van der Waals surface area contributed by atoms with Crippen molar-refractivity contribution in [2.75, 3.05) is 0 Å². The Hall–Kier alpha value is 0.340. The number of hydrogen-bond acceptors (Lipinski definition) is 1. The fourth-order valence-corrected chi connectivity index (χ4v) is 1.85. The van der Waals surface area contributed by atoms with Gasteiger partial charge in [0.25, 0.3) is 0 Å². The molecule has 1 heterocycles. The molecule has 0 spiro atoms. The van der Waals surface area contributed by atoms with E-state index in [0.29, 0.717) is 3.57 Å². The summed E-state index contributed by atoms with van der Waals surface area (Å²) in [5.74, 6) is -0.564. The van der Waals surface area contributed by atoms with Gasteiger partial charge in [-0.05, 0) is 45.2 Å². The third-order valence-corrected chi connectivity index (χ3v) is 2.70. The van der Waals surface area contributed by atoms with E-state index < -0.39 is 5.95 Å². The molecule has 0 aliphatic carbocycles. The number of halogens is 3. The predicted octanol–water partition coefficient (Wildman–Crippen LogP) is 1.72. The van der Waals surface area contributed by atoms with Crippen LogP contribution in [0.2, 0.25) is 0 Å². The monoisotopic (exact) mass is 365 g/mol. The number of nitrogens with one attached hydrogen (secondary N) is 1. The van der Waals surface area contributed by atoms with Crippen LogP contribution in [0.5, 0.6) is 0 Å². The van der Waals surface area contributed by atoms with Crippen molar-refractivity contribution in [2.45, 2.75) is 0 Å². The summed E-state index contributed by atoms with van der Waals surface area (Å²) in [4.78, 5) is 13.2. The lowest BCUT2D eigenvalue weighted by molar-refractivity contribution is 0.573. The Kier molecular flexibility index (Phi) is 2.67. The van der Waals surface area contributed by atoms with Crippen LogP contribution in [-0.4, -0.2) is 4.98 Å². The maximum Gasteiger partial charge on any atom is 0.211 e. The highest BCUT2D eigenvalue weighted by molar-refractivity contribution is 14.1. The standard InChI is InChI=1S/C5H2FI2NO/c6-5-3(8)4(10)2(7)1-9-5/h1H,(H,9,10). The zero-order valence-corrected chi connectivity index (χ0v) is 8.93. The second-order valence-corrected chi connectivity index (χ2v) is 3.83. The van der Waals surface area contributed by atoms with Crippen molar-refractivity contribution in [1.82, 2.24) is 4.98 Å². The Labute approximate surface area is 83.5 Å². The van der Waals surface area contributed by atoms with Crippen LogP contribution in [0, 0.1) is 13.1 Å². The second-order valence-electron chi connectivity index (χ2n) is 1.59. The van der Waals surface area contributed by atoms with Crippen molar-refractivity contribution in [1.29, 1.82) is 0 Å². The number of pyridine rings is 1. The Morgan fingerprint density at radius 1 is 1.50 bits per heavy atom. The molecule has 0 aliphatic heterocycles. The molecular weight excluding hydrogens is 363 g/mol. The lowest BCUT2D eigenvalue weighted by Crippen LogP contribution is -2.12. The summed E-state index contributed by atoms with van der Waals surface area (Å²) in [5.41, 5.74) is -0.252. The van der Waals surface area contributed by atoms with Crippen LogP contribution < -0.4 is 5.43 Å². The zero-order valence-electron chi connectivity index (χ0n) is 4.62. The predicted molar refractivity (Wildman–Crippen MR) is 52.5 cm³/mol.